The fourth-order valence-corrected chi connectivity index (χ4v) is 2.20. The number of halogens is 3. The van der Waals surface area contributed by atoms with Gasteiger partial charge in [0.15, 0.2) is 17.3 Å². The number of hydrogen-bond donors (Lipinski definition) is 0. The van der Waals surface area contributed by atoms with Gasteiger partial charge in [-0.2, -0.15) is 0 Å². The highest BCUT2D eigenvalue weighted by Gasteiger charge is 2.16. The van der Waals surface area contributed by atoms with Crippen molar-refractivity contribution in [2.75, 3.05) is 7.11 Å². The molecule has 2 aromatic carbocycles. The third kappa shape index (κ3) is 3.03. The summed E-state index contributed by atoms with van der Waals surface area (Å²) in [6.07, 6.45) is 0. The minimum Gasteiger partial charge on any atom is -0.494 e. The van der Waals surface area contributed by atoms with Crippen LogP contribution in [0.3, 0.4) is 0 Å². The zero-order valence-electron chi connectivity index (χ0n) is 10.3. The third-order valence-electron chi connectivity index (χ3n) is 2.48. The van der Waals surface area contributed by atoms with Gasteiger partial charge in [0.05, 0.1) is 22.7 Å². The van der Waals surface area contributed by atoms with Gasteiger partial charge < -0.3 is 9.47 Å². The Bertz CT molecular complexity index is 636. The molecule has 0 bridgehead atoms. The Labute approximate surface area is 124 Å². The van der Waals surface area contributed by atoms with Crippen molar-refractivity contribution in [2.45, 2.75) is 0 Å². The van der Waals surface area contributed by atoms with Crippen LogP contribution in [0.4, 0.5) is 4.39 Å². The van der Waals surface area contributed by atoms with Gasteiger partial charge in [-0.25, -0.2) is 9.18 Å². The Kier molecular flexibility index (Phi) is 4.47. The van der Waals surface area contributed by atoms with Crippen molar-refractivity contribution in [3.63, 3.8) is 0 Å². The molecule has 0 unspecified atom stereocenters. The second-order valence-corrected chi connectivity index (χ2v) is 4.61. The van der Waals surface area contributed by atoms with Crippen LogP contribution in [0.15, 0.2) is 36.4 Å². The zero-order chi connectivity index (χ0) is 14.7. The molecule has 0 atom stereocenters. The van der Waals surface area contributed by atoms with Crippen LogP contribution in [0.1, 0.15) is 10.4 Å². The average molecular weight is 315 g/mol. The molecule has 0 amide bonds. The van der Waals surface area contributed by atoms with Gasteiger partial charge in [-0.1, -0.05) is 35.3 Å². The van der Waals surface area contributed by atoms with E-state index in [1.54, 1.807) is 6.07 Å². The van der Waals surface area contributed by atoms with Gasteiger partial charge in [0.2, 0.25) is 0 Å². The molecule has 2 rings (SSSR count). The molecular formula is C14H9Cl2FO3. The SMILES string of the molecule is COc1c(Cl)cc(C(=O)Oc2ccccc2F)cc1Cl. The van der Waals surface area contributed by atoms with Crippen LogP contribution in [-0.4, -0.2) is 13.1 Å². The normalized spacial score (nSPS) is 10.2. The molecule has 0 aliphatic carbocycles. The minimum absolute atomic E-state index is 0.101. The Morgan fingerprint density at radius 2 is 1.75 bits per heavy atom. The van der Waals surface area contributed by atoms with E-state index in [1.807, 2.05) is 0 Å². The van der Waals surface area contributed by atoms with Crippen LogP contribution < -0.4 is 9.47 Å². The summed E-state index contributed by atoms with van der Waals surface area (Å²) in [6.45, 7) is 0. The molecule has 0 aliphatic heterocycles. The van der Waals surface area contributed by atoms with Crippen molar-refractivity contribution in [3.05, 3.63) is 57.8 Å². The maximum Gasteiger partial charge on any atom is 0.343 e. The number of ether oxygens (including phenoxy) is 2. The van der Waals surface area contributed by atoms with Crippen LogP contribution >= 0.6 is 23.2 Å². The Hall–Kier alpha value is -1.78. The summed E-state index contributed by atoms with van der Waals surface area (Å²) in [5.74, 6) is -1.30. The van der Waals surface area contributed by atoms with E-state index in [1.165, 1.54) is 37.4 Å². The van der Waals surface area contributed by atoms with Gasteiger partial charge in [0.25, 0.3) is 0 Å². The molecule has 0 heterocycles. The predicted octanol–water partition coefficient (Wildman–Crippen LogP) is 4.36. The number of esters is 1. The van der Waals surface area contributed by atoms with Crippen LogP contribution in [0.5, 0.6) is 11.5 Å². The first-order valence-electron chi connectivity index (χ1n) is 5.52. The number of para-hydroxylation sites is 1. The fraction of sp³-hybridized carbons (Fsp3) is 0.0714. The first kappa shape index (κ1) is 14.6. The molecule has 0 saturated carbocycles. The molecule has 2 aromatic rings. The van der Waals surface area contributed by atoms with E-state index in [9.17, 15) is 9.18 Å². The molecule has 0 saturated heterocycles. The van der Waals surface area contributed by atoms with Crippen molar-refractivity contribution >= 4 is 29.2 Å². The summed E-state index contributed by atoms with van der Waals surface area (Å²) in [7, 11) is 1.41. The van der Waals surface area contributed by atoms with Crippen LogP contribution in [0.25, 0.3) is 0 Å². The lowest BCUT2D eigenvalue weighted by Gasteiger charge is -2.09. The maximum absolute atomic E-state index is 13.4. The second-order valence-electron chi connectivity index (χ2n) is 3.79. The van der Waals surface area contributed by atoms with E-state index < -0.39 is 11.8 Å². The number of carbonyl (C=O) groups excluding carboxylic acids is 1. The third-order valence-corrected chi connectivity index (χ3v) is 3.04. The summed E-state index contributed by atoms with van der Waals surface area (Å²) < 4.78 is 23.3. The van der Waals surface area contributed by atoms with Crippen molar-refractivity contribution in [1.82, 2.24) is 0 Å². The van der Waals surface area contributed by atoms with E-state index in [2.05, 4.69) is 0 Å². The van der Waals surface area contributed by atoms with Gasteiger partial charge >= 0.3 is 5.97 Å². The highest BCUT2D eigenvalue weighted by Crippen LogP contribution is 2.34. The summed E-state index contributed by atoms with van der Waals surface area (Å²) in [4.78, 5) is 11.9. The lowest BCUT2D eigenvalue weighted by Crippen LogP contribution is -2.09. The first-order valence-corrected chi connectivity index (χ1v) is 6.28. The average Bonchev–Trinajstić information content (AvgIpc) is 2.41. The predicted molar refractivity (Wildman–Crippen MR) is 74.4 cm³/mol. The first-order chi connectivity index (χ1) is 9.52. The lowest BCUT2D eigenvalue weighted by atomic mass is 10.2. The van der Waals surface area contributed by atoms with Crippen LogP contribution in [-0.2, 0) is 0 Å². The van der Waals surface area contributed by atoms with Gasteiger partial charge in [-0.3, -0.25) is 0 Å². The Morgan fingerprint density at radius 3 is 2.30 bits per heavy atom. The number of carbonyl (C=O) groups is 1. The standard InChI is InChI=1S/C14H9Cl2FO3/c1-19-13-9(15)6-8(7-10(13)16)14(18)20-12-5-3-2-4-11(12)17/h2-7H,1H3. The van der Waals surface area contributed by atoms with E-state index in [0.29, 0.717) is 0 Å². The highest BCUT2D eigenvalue weighted by molar-refractivity contribution is 6.37. The van der Waals surface area contributed by atoms with E-state index >= 15 is 0 Å². The minimum atomic E-state index is -0.762. The molecule has 0 spiro atoms. The number of methoxy groups -OCH3 is 1. The fourth-order valence-electron chi connectivity index (χ4n) is 1.56. The molecule has 6 heteroatoms. The molecule has 0 fully saturated rings. The molecular weight excluding hydrogens is 306 g/mol. The number of hydrogen-bond acceptors (Lipinski definition) is 3. The largest absolute Gasteiger partial charge is 0.494 e. The molecule has 0 radical (unpaired) electrons. The molecule has 3 nitrogen and oxygen atoms in total. The van der Waals surface area contributed by atoms with Crippen molar-refractivity contribution in [1.29, 1.82) is 0 Å². The summed E-state index contributed by atoms with van der Waals surface area (Å²) in [5.41, 5.74) is 0.101. The maximum atomic E-state index is 13.4. The molecule has 0 aromatic heterocycles. The quantitative estimate of drug-likeness (QED) is 0.623. The molecule has 104 valence electrons. The monoisotopic (exact) mass is 314 g/mol. The summed E-state index contributed by atoms with van der Waals surface area (Å²) >= 11 is 11.8. The van der Waals surface area contributed by atoms with E-state index in [4.69, 9.17) is 32.7 Å². The van der Waals surface area contributed by atoms with Crippen molar-refractivity contribution in [2.24, 2.45) is 0 Å². The van der Waals surface area contributed by atoms with E-state index in [-0.39, 0.29) is 27.1 Å². The number of benzene rings is 2. The highest BCUT2D eigenvalue weighted by atomic mass is 35.5. The summed E-state index contributed by atoms with van der Waals surface area (Å²) in [6, 6.07) is 8.27. The zero-order valence-corrected chi connectivity index (χ0v) is 11.8. The van der Waals surface area contributed by atoms with Gasteiger partial charge in [0.1, 0.15) is 0 Å². The number of rotatable bonds is 3. The second kappa shape index (κ2) is 6.11. The Morgan fingerprint density at radius 1 is 1.15 bits per heavy atom. The van der Waals surface area contributed by atoms with Crippen molar-refractivity contribution in [3.8, 4) is 11.5 Å². The molecule has 0 N–H and O–H groups in total. The smallest absolute Gasteiger partial charge is 0.343 e. The topological polar surface area (TPSA) is 35.5 Å². The van der Waals surface area contributed by atoms with Crippen LogP contribution in [0.2, 0.25) is 10.0 Å². The lowest BCUT2D eigenvalue weighted by molar-refractivity contribution is 0.0728. The molecule has 20 heavy (non-hydrogen) atoms. The molecule has 0 aliphatic rings. The van der Waals surface area contributed by atoms with Gasteiger partial charge in [0, 0.05) is 0 Å². The van der Waals surface area contributed by atoms with Gasteiger partial charge in [-0.05, 0) is 24.3 Å². The van der Waals surface area contributed by atoms with Crippen LogP contribution in [0, 0.1) is 5.82 Å². The van der Waals surface area contributed by atoms with E-state index in [0.717, 1.165) is 0 Å². The van der Waals surface area contributed by atoms with Gasteiger partial charge in [-0.15, -0.1) is 0 Å². The van der Waals surface area contributed by atoms with Crippen molar-refractivity contribution < 1.29 is 18.7 Å². The Balaban J connectivity index is 2.29. The summed E-state index contributed by atoms with van der Waals surface area (Å²) in [5, 5.41) is 0.334.